The fraction of sp³-hybridized carbons (Fsp3) is 0. The third kappa shape index (κ3) is 3.32. The van der Waals surface area contributed by atoms with Gasteiger partial charge in [0.1, 0.15) is 10.7 Å². The van der Waals surface area contributed by atoms with E-state index in [1.54, 1.807) is 18.2 Å². The van der Waals surface area contributed by atoms with E-state index in [1.165, 1.54) is 0 Å². The summed E-state index contributed by atoms with van der Waals surface area (Å²) in [5, 5.41) is 26.6. The van der Waals surface area contributed by atoms with Crippen LogP contribution in [0.2, 0.25) is 0 Å². The van der Waals surface area contributed by atoms with Crippen LogP contribution in [0, 0.1) is 20.2 Å². The number of rotatable bonds is 4. The van der Waals surface area contributed by atoms with Crippen molar-refractivity contribution in [3.05, 3.63) is 76.8 Å². The van der Waals surface area contributed by atoms with Crippen LogP contribution in [0.15, 0.2) is 51.7 Å². The van der Waals surface area contributed by atoms with Crippen LogP contribution in [0.4, 0.5) is 11.4 Å². The first kappa shape index (κ1) is 16.9. The number of aromatic nitrogens is 2. The lowest BCUT2D eigenvalue weighted by atomic mass is 10.2. The zero-order valence-electron chi connectivity index (χ0n) is 12.2. The normalized spacial score (nSPS) is 10.6. The number of benzene rings is 2. The number of non-ortho nitro benzene ring substituents is 1. The lowest BCUT2D eigenvalue weighted by molar-refractivity contribution is -0.394. The standard InChI is InChI=1S/C14H7BrN4O5S/c15-9-3-1-2-8(6-9)13-16-17(14(20)25-13)11-5-4-10(18(21)22)7-12(11)19(23)24/h1-7H. The summed E-state index contributed by atoms with van der Waals surface area (Å²) < 4.78 is 1.67. The molecule has 0 amide bonds. The van der Waals surface area contributed by atoms with Crippen molar-refractivity contribution < 1.29 is 9.85 Å². The van der Waals surface area contributed by atoms with Crippen LogP contribution in [0.3, 0.4) is 0 Å². The smallest absolute Gasteiger partial charge is 0.258 e. The fourth-order valence-electron chi connectivity index (χ4n) is 2.12. The minimum absolute atomic E-state index is 0.127. The molecule has 25 heavy (non-hydrogen) atoms. The van der Waals surface area contributed by atoms with E-state index in [2.05, 4.69) is 21.0 Å². The predicted molar refractivity (Wildman–Crippen MR) is 94.2 cm³/mol. The molecule has 0 N–H and O–H groups in total. The van der Waals surface area contributed by atoms with E-state index >= 15 is 0 Å². The fourth-order valence-corrected chi connectivity index (χ4v) is 3.28. The van der Waals surface area contributed by atoms with Crippen LogP contribution in [0.5, 0.6) is 0 Å². The van der Waals surface area contributed by atoms with Gasteiger partial charge in [-0.05, 0) is 18.2 Å². The second-order valence-corrected chi connectivity index (χ2v) is 6.64. The topological polar surface area (TPSA) is 121 Å². The number of nitro groups is 2. The largest absolute Gasteiger partial charge is 0.330 e. The van der Waals surface area contributed by atoms with Gasteiger partial charge in [0, 0.05) is 16.1 Å². The molecule has 3 aromatic rings. The SMILES string of the molecule is O=c1sc(-c2cccc(Br)c2)nn1-c1ccc([N+](=O)[O-])cc1[N+](=O)[O-]. The molecule has 0 aliphatic heterocycles. The summed E-state index contributed by atoms with van der Waals surface area (Å²) in [4.78, 5) is 32.2. The van der Waals surface area contributed by atoms with Crippen molar-refractivity contribution in [1.29, 1.82) is 0 Å². The molecule has 1 heterocycles. The third-order valence-corrected chi connectivity index (χ3v) is 4.57. The maximum atomic E-state index is 12.2. The minimum atomic E-state index is -0.785. The van der Waals surface area contributed by atoms with Gasteiger partial charge < -0.3 is 0 Å². The molecule has 2 aromatic carbocycles. The Morgan fingerprint density at radius 2 is 1.84 bits per heavy atom. The van der Waals surface area contributed by atoms with E-state index < -0.39 is 26.1 Å². The number of hydrogen-bond donors (Lipinski definition) is 0. The highest BCUT2D eigenvalue weighted by atomic mass is 79.9. The second kappa shape index (κ2) is 6.53. The summed E-state index contributed by atoms with van der Waals surface area (Å²) in [7, 11) is 0. The van der Waals surface area contributed by atoms with Gasteiger partial charge >= 0.3 is 10.6 Å². The quantitative estimate of drug-likeness (QED) is 0.468. The second-order valence-electron chi connectivity index (χ2n) is 4.78. The van der Waals surface area contributed by atoms with Crippen LogP contribution in [-0.2, 0) is 0 Å². The van der Waals surface area contributed by atoms with Crippen molar-refractivity contribution >= 4 is 38.6 Å². The van der Waals surface area contributed by atoms with Gasteiger partial charge in [0.25, 0.3) is 5.69 Å². The van der Waals surface area contributed by atoms with E-state index in [1.807, 2.05) is 6.07 Å². The molecule has 0 spiro atoms. The molecule has 0 aliphatic rings. The Hall–Kier alpha value is -2.92. The van der Waals surface area contributed by atoms with Gasteiger partial charge in [-0.3, -0.25) is 25.0 Å². The summed E-state index contributed by atoms with van der Waals surface area (Å²) in [6.07, 6.45) is 0. The Bertz CT molecular complexity index is 1060. The summed E-state index contributed by atoms with van der Waals surface area (Å²) in [6, 6.07) is 10.1. The molecule has 0 atom stereocenters. The Morgan fingerprint density at radius 3 is 2.48 bits per heavy atom. The van der Waals surface area contributed by atoms with Crippen molar-refractivity contribution in [2.75, 3.05) is 0 Å². The highest BCUT2D eigenvalue weighted by molar-refractivity contribution is 9.10. The molecule has 0 bridgehead atoms. The molecule has 11 heteroatoms. The average Bonchev–Trinajstić information content (AvgIpc) is 2.96. The molecule has 0 fully saturated rings. The third-order valence-electron chi connectivity index (χ3n) is 3.21. The Labute approximate surface area is 151 Å². The Balaban J connectivity index is 2.16. The van der Waals surface area contributed by atoms with Gasteiger partial charge in [-0.15, -0.1) is 0 Å². The molecule has 1 aromatic heterocycles. The molecule has 0 radical (unpaired) electrons. The van der Waals surface area contributed by atoms with E-state index in [-0.39, 0.29) is 5.69 Å². The Morgan fingerprint density at radius 1 is 1.08 bits per heavy atom. The molecule has 0 saturated carbocycles. The summed E-state index contributed by atoms with van der Waals surface area (Å²) in [5.74, 6) is 0. The molecule has 9 nitrogen and oxygen atoms in total. The lowest BCUT2D eigenvalue weighted by Crippen LogP contribution is -2.14. The van der Waals surface area contributed by atoms with Gasteiger partial charge in [0.05, 0.1) is 15.9 Å². The molecule has 126 valence electrons. The van der Waals surface area contributed by atoms with Crippen LogP contribution in [0.25, 0.3) is 16.3 Å². The van der Waals surface area contributed by atoms with Crippen molar-refractivity contribution in [2.45, 2.75) is 0 Å². The highest BCUT2D eigenvalue weighted by Gasteiger charge is 2.23. The minimum Gasteiger partial charge on any atom is -0.258 e. The zero-order valence-corrected chi connectivity index (χ0v) is 14.6. The number of hydrogen-bond acceptors (Lipinski definition) is 7. The number of nitrogens with zero attached hydrogens (tertiary/aromatic N) is 4. The average molecular weight is 423 g/mol. The lowest BCUT2D eigenvalue weighted by Gasteiger charge is -2.02. The van der Waals surface area contributed by atoms with Gasteiger partial charge in [0.2, 0.25) is 0 Å². The molecular weight excluding hydrogens is 416 g/mol. The number of nitro benzene ring substituents is 2. The van der Waals surface area contributed by atoms with Crippen LogP contribution in [0.1, 0.15) is 0 Å². The van der Waals surface area contributed by atoms with Gasteiger partial charge in [-0.1, -0.05) is 39.4 Å². The highest BCUT2D eigenvalue weighted by Crippen LogP contribution is 2.29. The molecule has 0 aliphatic carbocycles. The number of halogens is 1. The van der Waals surface area contributed by atoms with Crippen molar-refractivity contribution in [2.24, 2.45) is 0 Å². The Kier molecular flexibility index (Phi) is 4.42. The van der Waals surface area contributed by atoms with Crippen LogP contribution in [-0.4, -0.2) is 19.6 Å². The zero-order chi connectivity index (χ0) is 18.1. The predicted octanol–water partition coefficient (Wildman–Crippen LogP) is 3.54. The van der Waals surface area contributed by atoms with Crippen molar-refractivity contribution in [1.82, 2.24) is 9.78 Å². The molecule has 0 saturated heterocycles. The van der Waals surface area contributed by atoms with Gasteiger partial charge in [-0.2, -0.15) is 9.78 Å². The first-order chi connectivity index (χ1) is 11.9. The molecule has 0 unspecified atom stereocenters. The van der Waals surface area contributed by atoms with E-state index in [9.17, 15) is 25.0 Å². The maximum absolute atomic E-state index is 12.2. The van der Waals surface area contributed by atoms with E-state index in [4.69, 9.17) is 0 Å². The van der Waals surface area contributed by atoms with E-state index in [0.717, 1.165) is 38.7 Å². The first-order valence-corrected chi connectivity index (χ1v) is 8.27. The van der Waals surface area contributed by atoms with Gasteiger partial charge in [0.15, 0.2) is 0 Å². The molecule has 3 rings (SSSR count). The maximum Gasteiger partial charge on any atom is 0.330 e. The van der Waals surface area contributed by atoms with Crippen LogP contribution >= 0.6 is 27.3 Å². The van der Waals surface area contributed by atoms with E-state index in [0.29, 0.717) is 10.6 Å². The van der Waals surface area contributed by atoms with Crippen molar-refractivity contribution in [3.8, 4) is 16.3 Å². The summed E-state index contributed by atoms with van der Waals surface area (Å²) in [5.41, 5.74) is -0.466. The summed E-state index contributed by atoms with van der Waals surface area (Å²) >= 11 is 4.14. The first-order valence-electron chi connectivity index (χ1n) is 6.66. The van der Waals surface area contributed by atoms with Gasteiger partial charge in [-0.25, -0.2) is 0 Å². The monoisotopic (exact) mass is 422 g/mol. The van der Waals surface area contributed by atoms with Crippen molar-refractivity contribution in [3.63, 3.8) is 0 Å². The summed E-state index contributed by atoms with van der Waals surface area (Å²) in [6.45, 7) is 0. The molecular formula is C14H7BrN4O5S. The van der Waals surface area contributed by atoms with Crippen LogP contribution < -0.4 is 4.87 Å².